The van der Waals surface area contributed by atoms with Crippen LogP contribution in [0.15, 0.2) is 36.4 Å². The van der Waals surface area contributed by atoms with Gasteiger partial charge in [-0.2, -0.15) is 0 Å². The molecular formula is C24H27N3O6. The molecule has 9 heteroatoms. The number of benzene rings is 2. The Hall–Kier alpha value is -4.01. The number of phenols is 2. The van der Waals surface area contributed by atoms with Crippen LogP contribution in [0.4, 0.5) is 5.69 Å². The number of rotatable bonds is 8. The summed E-state index contributed by atoms with van der Waals surface area (Å²) in [6.45, 7) is 5.62. The molecule has 0 aliphatic heterocycles. The van der Waals surface area contributed by atoms with Gasteiger partial charge in [0.1, 0.15) is 29.4 Å². The molecule has 1 atom stereocenters. The maximum atomic E-state index is 12.5. The number of hydrogen-bond acceptors (Lipinski definition) is 8. The average molecular weight is 453 g/mol. The van der Waals surface area contributed by atoms with Gasteiger partial charge >= 0.3 is 5.97 Å². The first-order valence-corrected chi connectivity index (χ1v) is 10.6. The topological polar surface area (TPSA) is 144 Å². The number of anilines is 1. The van der Waals surface area contributed by atoms with Crippen LogP contribution in [0, 0.1) is 6.92 Å². The number of nitrogens with two attached hydrogens (primary N) is 1. The van der Waals surface area contributed by atoms with Gasteiger partial charge in [-0.15, -0.1) is 0 Å². The molecule has 1 amide bonds. The van der Waals surface area contributed by atoms with Gasteiger partial charge in [-0.25, -0.2) is 4.79 Å². The van der Waals surface area contributed by atoms with E-state index in [9.17, 15) is 19.8 Å². The molecule has 2 aromatic carbocycles. The minimum Gasteiger partial charge on any atom is -0.508 e. The summed E-state index contributed by atoms with van der Waals surface area (Å²) in [5, 5.41) is 22.5. The molecule has 0 radical (unpaired) electrons. The van der Waals surface area contributed by atoms with Crippen molar-refractivity contribution in [2.24, 2.45) is 0 Å². The van der Waals surface area contributed by atoms with E-state index < -0.39 is 11.9 Å². The van der Waals surface area contributed by atoms with Crippen molar-refractivity contribution in [1.29, 1.82) is 0 Å². The third-order valence-corrected chi connectivity index (χ3v) is 5.11. The SMILES string of the molecule is CCOC(=O)c1c(C)nc2cccc(OC[C@H](CC)NC(=O)c3cc(O)cc(O)c3)c2c1N. The Kier molecular flexibility index (Phi) is 7.22. The van der Waals surface area contributed by atoms with Crippen LogP contribution in [0.2, 0.25) is 0 Å². The fourth-order valence-corrected chi connectivity index (χ4v) is 3.47. The number of fused-ring (bicyclic) bond motifs is 1. The van der Waals surface area contributed by atoms with E-state index in [1.165, 1.54) is 12.1 Å². The minimum absolute atomic E-state index is 0.119. The number of nitrogens with one attached hydrogen (secondary N) is 1. The molecule has 0 unspecified atom stereocenters. The summed E-state index contributed by atoms with van der Waals surface area (Å²) >= 11 is 0. The zero-order valence-corrected chi connectivity index (χ0v) is 18.7. The summed E-state index contributed by atoms with van der Waals surface area (Å²) in [4.78, 5) is 29.4. The predicted octanol–water partition coefficient (Wildman–Crippen LogP) is 3.30. The Bertz CT molecular complexity index is 1170. The number of pyridine rings is 1. The lowest BCUT2D eigenvalue weighted by atomic mass is 10.1. The number of hydrogen-bond donors (Lipinski definition) is 4. The molecule has 0 bridgehead atoms. The second-order valence-electron chi connectivity index (χ2n) is 7.48. The molecular weight excluding hydrogens is 426 g/mol. The van der Waals surface area contributed by atoms with Crippen molar-refractivity contribution in [3.63, 3.8) is 0 Å². The van der Waals surface area contributed by atoms with Crippen molar-refractivity contribution < 1.29 is 29.3 Å². The summed E-state index contributed by atoms with van der Waals surface area (Å²) in [6.07, 6.45) is 0.558. The van der Waals surface area contributed by atoms with Crippen LogP contribution in [0.5, 0.6) is 17.2 Å². The maximum Gasteiger partial charge on any atom is 0.342 e. The Morgan fingerprint density at radius 2 is 1.85 bits per heavy atom. The standard InChI is InChI=1S/C24H27N3O6/c1-4-15(27-23(30)14-9-16(28)11-17(29)10-14)12-33-19-8-6-7-18-21(19)22(25)20(13(3)26-18)24(31)32-5-2/h6-11,15,28-29H,4-5,12H2,1-3H3,(H2,25,26)(H,27,30)/t15-/m0/s1. The Morgan fingerprint density at radius 1 is 1.15 bits per heavy atom. The van der Waals surface area contributed by atoms with Gasteiger partial charge in [-0.1, -0.05) is 13.0 Å². The molecule has 0 fully saturated rings. The van der Waals surface area contributed by atoms with Crippen LogP contribution in [-0.4, -0.2) is 46.3 Å². The van der Waals surface area contributed by atoms with Gasteiger partial charge in [-0.3, -0.25) is 9.78 Å². The number of carbonyl (C=O) groups is 2. The molecule has 1 aromatic heterocycles. The van der Waals surface area contributed by atoms with Crippen molar-refractivity contribution >= 4 is 28.5 Å². The largest absolute Gasteiger partial charge is 0.508 e. The number of nitrogen functional groups attached to an aromatic ring is 1. The number of phenolic OH excluding ortho intramolecular Hbond substituents is 2. The van der Waals surface area contributed by atoms with Crippen molar-refractivity contribution in [2.75, 3.05) is 18.9 Å². The van der Waals surface area contributed by atoms with Crippen LogP contribution < -0.4 is 15.8 Å². The fraction of sp³-hybridized carbons (Fsp3) is 0.292. The molecule has 3 aromatic rings. The predicted molar refractivity (Wildman–Crippen MR) is 124 cm³/mol. The summed E-state index contributed by atoms with van der Waals surface area (Å²) in [6, 6.07) is 8.55. The highest BCUT2D eigenvalue weighted by Crippen LogP contribution is 2.34. The second kappa shape index (κ2) is 10.1. The number of aryl methyl sites for hydroxylation is 1. The lowest BCUT2D eigenvalue weighted by Crippen LogP contribution is -2.38. The van der Waals surface area contributed by atoms with E-state index in [0.717, 1.165) is 6.07 Å². The summed E-state index contributed by atoms with van der Waals surface area (Å²) in [7, 11) is 0. The minimum atomic E-state index is -0.551. The maximum absolute atomic E-state index is 12.5. The number of nitrogens with zero attached hydrogens (tertiary/aromatic N) is 1. The van der Waals surface area contributed by atoms with Crippen LogP contribution in [0.3, 0.4) is 0 Å². The molecule has 0 spiro atoms. The second-order valence-corrected chi connectivity index (χ2v) is 7.48. The van der Waals surface area contributed by atoms with E-state index in [-0.39, 0.29) is 47.6 Å². The summed E-state index contributed by atoms with van der Waals surface area (Å²) in [5.41, 5.74) is 7.92. The monoisotopic (exact) mass is 453 g/mol. The van der Waals surface area contributed by atoms with Gasteiger partial charge in [-0.05, 0) is 44.5 Å². The van der Waals surface area contributed by atoms with E-state index in [2.05, 4.69) is 10.3 Å². The number of aromatic nitrogens is 1. The van der Waals surface area contributed by atoms with Crippen LogP contribution in [-0.2, 0) is 4.74 Å². The van der Waals surface area contributed by atoms with Crippen LogP contribution in [0.1, 0.15) is 46.7 Å². The zero-order chi connectivity index (χ0) is 24.1. The van der Waals surface area contributed by atoms with E-state index in [1.54, 1.807) is 32.0 Å². The first-order chi connectivity index (χ1) is 15.7. The molecule has 174 valence electrons. The zero-order valence-electron chi connectivity index (χ0n) is 18.7. The van der Waals surface area contributed by atoms with Crippen molar-refractivity contribution in [3.8, 4) is 17.2 Å². The normalized spacial score (nSPS) is 11.7. The molecule has 0 saturated heterocycles. The van der Waals surface area contributed by atoms with E-state index in [0.29, 0.717) is 28.8 Å². The Labute approximate surface area is 191 Å². The van der Waals surface area contributed by atoms with E-state index in [4.69, 9.17) is 15.2 Å². The van der Waals surface area contributed by atoms with Gasteiger partial charge in [0.15, 0.2) is 0 Å². The summed E-state index contributed by atoms with van der Waals surface area (Å²) in [5.74, 6) is -1.02. The number of esters is 1. The molecule has 0 aliphatic rings. The molecule has 0 saturated carbocycles. The van der Waals surface area contributed by atoms with Gasteiger partial charge in [0, 0.05) is 11.6 Å². The Balaban J connectivity index is 1.84. The molecule has 1 heterocycles. The highest BCUT2D eigenvalue weighted by molar-refractivity contribution is 6.07. The smallest absolute Gasteiger partial charge is 0.342 e. The quantitative estimate of drug-likeness (QED) is 0.380. The van der Waals surface area contributed by atoms with Gasteiger partial charge in [0.2, 0.25) is 0 Å². The molecule has 5 N–H and O–H groups in total. The first kappa shape index (κ1) is 23.6. The molecule has 3 rings (SSSR count). The van der Waals surface area contributed by atoms with E-state index >= 15 is 0 Å². The first-order valence-electron chi connectivity index (χ1n) is 10.6. The highest BCUT2D eigenvalue weighted by atomic mass is 16.5. The number of ether oxygens (including phenoxy) is 2. The molecule has 9 nitrogen and oxygen atoms in total. The number of amides is 1. The Morgan fingerprint density at radius 3 is 2.48 bits per heavy atom. The van der Waals surface area contributed by atoms with Gasteiger partial charge in [0.05, 0.1) is 34.9 Å². The van der Waals surface area contributed by atoms with Crippen molar-refractivity contribution in [2.45, 2.75) is 33.2 Å². The van der Waals surface area contributed by atoms with Gasteiger partial charge in [0.25, 0.3) is 5.91 Å². The summed E-state index contributed by atoms with van der Waals surface area (Å²) < 4.78 is 11.1. The number of aromatic hydroxyl groups is 2. The molecule has 33 heavy (non-hydrogen) atoms. The van der Waals surface area contributed by atoms with Crippen molar-refractivity contribution in [3.05, 3.63) is 53.2 Å². The highest BCUT2D eigenvalue weighted by Gasteiger charge is 2.21. The van der Waals surface area contributed by atoms with Crippen molar-refractivity contribution in [1.82, 2.24) is 10.3 Å². The van der Waals surface area contributed by atoms with Crippen LogP contribution >= 0.6 is 0 Å². The third kappa shape index (κ3) is 5.25. The fourth-order valence-electron chi connectivity index (χ4n) is 3.47. The molecule has 0 aliphatic carbocycles. The average Bonchev–Trinajstić information content (AvgIpc) is 2.75. The lowest BCUT2D eigenvalue weighted by Gasteiger charge is -2.20. The lowest BCUT2D eigenvalue weighted by molar-refractivity contribution is 0.0526. The van der Waals surface area contributed by atoms with Crippen LogP contribution in [0.25, 0.3) is 10.9 Å². The number of carbonyl (C=O) groups excluding carboxylic acids is 2. The van der Waals surface area contributed by atoms with E-state index in [1.807, 2.05) is 6.92 Å². The van der Waals surface area contributed by atoms with Gasteiger partial charge < -0.3 is 30.7 Å². The third-order valence-electron chi connectivity index (χ3n) is 5.11.